The van der Waals surface area contributed by atoms with Gasteiger partial charge >= 0.3 is 12.2 Å². The van der Waals surface area contributed by atoms with Crippen LogP contribution in [0, 0.1) is 0 Å². The van der Waals surface area contributed by atoms with Crippen molar-refractivity contribution in [3.05, 3.63) is 34.6 Å². The number of carbonyl (C=O) groups is 2. The molecule has 3 rings (SSSR count). The number of anilines is 2. The quantitative estimate of drug-likeness (QED) is 0.290. The highest BCUT2D eigenvalue weighted by Crippen LogP contribution is 2.43. The first-order valence-electron chi connectivity index (χ1n) is 15.5. The van der Waals surface area contributed by atoms with E-state index in [1.54, 1.807) is 34.0 Å². The molecule has 1 fully saturated rings. The Morgan fingerprint density at radius 3 is 2.33 bits per heavy atom. The largest absolute Gasteiger partial charge is 0.444 e. The first kappa shape index (κ1) is 36.6. The van der Waals surface area contributed by atoms with Gasteiger partial charge in [0.05, 0.1) is 22.9 Å². The summed E-state index contributed by atoms with van der Waals surface area (Å²) in [4.78, 5) is 33.9. The minimum absolute atomic E-state index is 0.0990. The second kappa shape index (κ2) is 13.1. The van der Waals surface area contributed by atoms with Crippen molar-refractivity contribution in [3.8, 4) is 0 Å². The van der Waals surface area contributed by atoms with Crippen LogP contribution in [0.4, 0.5) is 21.2 Å². The summed E-state index contributed by atoms with van der Waals surface area (Å²) in [5.74, 6) is 0.734. The Labute approximate surface area is 274 Å². The fourth-order valence-corrected chi connectivity index (χ4v) is 6.14. The van der Waals surface area contributed by atoms with Crippen LogP contribution in [0.25, 0.3) is 0 Å². The van der Waals surface area contributed by atoms with Gasteiger partial charge in [0.2, 0.25) is 0 Å². The maximum atomic E-state index is 13.1. The smallest absolute Gasteiger partial charge is 0.415 e. The molecule has 2 N–H and O–H groups in total. The van der Waals surface area contributed by atoms with Crippen LogP contribution in [0.5, 0.6) is 0 Å². The zero-order chi connectivity index (χ0) is 34.2. The molecular formula is C32H53ClN6O5Si. The molecule has 2 unspecified atom stereocenters. The number of nitrogens with one attached hydrogen (secondary N) is 2. The second-order valence-electron chi connectivity index (χ2n) is 15.7. The summed E-state index contributed by atoms with van der Waals surface area (Å²) in [6, 6.07) is 3.85. The number of amides is 2. The molecule has 2 aromatic heterocycles. The summed E-state index contributed by atoms with van der Waals surface area (Å²) in [5, 5.41) is 11.3. The SMILES string of the molecule is CN(C(=O)OC(C)(C)C)c1nccc(C2CN(c3cc(CO[Si](C)(C)C(C)(C)C)[nH]n3)CCC2(C)NC(=O)OC(C)(C)C)c1Cl. The van der Waals surface area contributed by atoms with Crippen molar-refractivity contribution in [1.82, 2.24) is 20.5 Å². The molecule has 2 atom stereocenters. The maximum absolute atomic E-state index is 13.1. The highest BCUT2D eigenvalue weighted by molar-refractivity contribution is 6.74. The standard InChI is InChI=1S/C32H53ClN6O5Si/c1-29(2,3)43-27(40)35-32(10)15-17-39(24-18-21(36-37-24)20-42-45(12,13)31(7,8)9)19-23(32)22-14-16-34-26(25(22)33)38(11)28(41)44-30(4,5)6/h14,16,18,23H,15,17,19-20H2,1-13H3,(H,35,40)(H,36,37). The topological polar surface area (TPSA) is 122 Å². The number of aromatic amines is 1. The molecule has 0 bridgehead atoms. The summed E-state index contributed by atoms with van der Waals surface area (Å²) in [5.41, 5.74) is -0.456. The molecule has 0 radical (unpaired) electrons. The van der Waals surface area contributed by atoms with Crippen LogP contribution in [0.15, 0.2) is 18.3 Å². The highest BCUT2D eigenvalue weighted by Gasteiger charge is 2.44. The molecule has 11 nitrogen and oxygen atoms in total. The fourth-order valence-electron chi connectivity index (χ4n) is 4.82. The molecule has 1 aliphatic heterocycles. The minimum atomic E-state index is -1.94. The number of carbonyl (C=O) groups excluding carboxylic acids is 2. The van der Waals surface area contributed by atoms with Gasteiger partial charge in [-0.2, -0.15) is 5.10 Å². The van der Waals surface area contributed by atoms with Crippen LogP contribution in [0.2, 0.25) is 23.2 Å². The van der Waals surface area contributed by atoms with E-state index in [-0.39, 0.29) is 16.8 Å². The van der Waals surface area contributed by atoms with Crippen LogP contribution >= 0.6 is 11.6 Å². The molecule has 13 heteroatoms. The molecule has 2 aromatic rings. The highest BCUT2D eigenvalue weighted by atomic mass is 35.5. The number of hydrogen-bond acceptors (Lipinski definition) is 8. The molecule has 0 spiro atoms. The van der Waals surface area contributed by atoms with E-state index in [1.807, 2.05) is 39.8 Å². The molecule has 1 saturated heterocycles. The fraction of sp³-hybridized carbons (Fsp3) is 0.688. The molecule has 0 aliphatic carbocycles. The van der Waals surface area contributed by atoms with Gasteiger partial charge in [-0.25, -0.2) is 14.6 Å². The zero-order valence-corrected chi connectivity index (χ0v) is 31.1. The van der Waals surface area contributed by atoms with Crippen LogP contribution in [-0.4, -0.2) is 72.6 Å². The van der Waals surface area contributed by atoms with E-state index in [1.165, 1.54) is 4.90 Å². The van der Waals surface area contributed by atoms with E-state index >= 15 is 0 Å². The van der Waals surface area contributed by atoms with Gasteiger partial charge in [0, 0.05) is 38.3 Å². The number of hydrogen-bond donors (Lipinski definition) is 2. The molecule has 252 valence electrons. The lowest BCUT2D eigenvalue weighted by molar-refractivity contribution is 0.0431. The van der Waals surface area contributed by atoms with E-state index in [2.05, 4.69) is 59.3 Å². The number of piperidine rings is 1. The van der Waals surface area contributed by atoms with Gasteiger partial charge < -0.3 is 24.1 Å². The van der Waals surface area contributed by atoms with Crippen molar-refractivity contribution in [1.29, 1.82) is 0 Å². The van der Waals surface area contributed by atoms with Crippen molar-refractivity contribution in [2.45, 2.75) is 123 Å². The van der Waals surface area contributed by atoms with E-state index in [9.17, 15) is 9.59 Å². The van der Waals surface area contributed by atoms with Gasteiger partial charge in [-0.1, -0.05) is 32.4 Å². The molecule has 0 saturated carbocycles. The summed E-state index contributed by atoms with van der Waals surface area (Å²) in [6.45, 7) is 25.6. The third kappa shape index (κ3) is 9.35. The minimum Gasteiger partial charge on any atom is -0.444 e. The average Bonchev–Trinajstić information content (AvgIpc) is 3.34. The third-order valence-electron chi connectivity index (χ3n) is 8.46. The van der Waals surface area contributed by atoms with Crippen LogP contribution in [0.3, 0.4) is 0 Å². The first-order valence-corrected chi connectivity index (χ1v) is 18.8. The Bertz CT molecular complexity index is 1360. The molecule has 45 heavy (non-hydrogen) atoms. The van der Waals surface area contributed by atoms with E-state index in [4.69, 9.17) is 25.5 Å². The van der Waals surface area contributed by atoms with Gasteiger partial charge in [0.25, 0.3) is 0 Å². The molecule has 3 heterocycles. The Morgan fingerprint density at radius 2 is 1.76 bits per heavy atom. The summed E-state index contributed by atoms with van der Waals surface area (Å²) < 4.78 is 17.6. The molecule has 0 aromatic carbocycles. The number of halogens is 1. The lowest BCUT2D eigenvalue weighted by atomic mass is 9.75. The van der Waals surface area contributed by atoms with E-state index in [0.717, 1.165) is 17.1 Å². The van der Waals surface area contributed by atoms with Gasteiger partial charge in [-0.15, -0.1) is 0 Å². The third-order valence-corrected chi connectivity index (χ3v) is 13.3. The summed E-state index contributed by atoms with van der Waals surface area (Å²) in [7, 11) is -0.361. The van der Waals surface area contributed by atoms with E-state index in [0.29, 0.717) is 31.1 Å². The number of H-pyrrole nitrogens is 1. The summed E-state index contributed by atoms with van der Waals surface area (Å²) in [6.07, 6.45) is 1.12. The van der Waals surface area contributed by atoms with Gasteiger partial charge in [0.1, 0.15) is 11.2 Å². The zero-order valence-electron chi connectivity index (χ0n) is 29.3. The number of rotatable bonds is 7. The Hall–Kier alpha value is -2.83. The summed E-state index contributed by atoms with van der Waals surface area (Å²) >= 11 is 7.03. The van der Waals surface area contributed by atoms with Crippen molar-refractivity contribution in [2.75, 3.05) is 29.9 Å². The van der Waals surface area contributed by atoms with Crippen LogP contribution in [0.1, 0.15) is 92.8 Å². The lowest BCUT2D eigenvalue weighted by Gasteiger charge is -2.47. The molecule has 1 aliphatic rings. The number of ether oxygens (including phenoxy) is 2. The van der Waals surface area contributed by atoms with Crippen molar-refractivity contribution < 1.29 is 23.5 Å². The molecular weight excluding hydrogens is 612 g/mol. The van der Waals surface area contributed by atoms with Crippen molar-refractivity contribution in [3.63, 3.8) is 0 Å². The van der Waals surface area contributed by atoms with Crippen LogP contribution < -0.4 is 15.1 Å². The normalized spacial score (nSPS) is 19.7. The Morgan fingerprint density at radius 1 is 1.13 bits per heavy atom. The average molecular weight is 665 g/mol. The maximum Gasteiger partial charge on any atom is 0.415 e. The predicted molar refractivity (Wildman–Crippen MR) is 182 cm³/mol. The Kier molecular flexibility index (Phi) is 10.7. The van der Waals surface area contributed by atoms with Gasteiger partial charge in [0.15, 0.2) is 20.0 Å². The predicted octanol–water partition coefficient (Wildman–Crippen LogP) is 7.63. The Balaban J connectivity index is 1.95. The van der Waals surface area contributed by atoms with Crippen molar-refractivity contribution >= 4 is 43.7 Å². The number of pyridine rings is 1. The van der Waals surface area contributed by atoms with Crippen molar-refractivity contribution in [2.24, 2.45) is 0 Å². The van der Waals surface area contributed by atoms with E-state index < -0.39 is 37.2 Å². The second-order valence-corrected chi connectivity index (χ2v) is 20.9. The molecule has 2 amide bonds. The van der Waals surface area contributed by atoms with Gasteiger partial charge in [-0.05, 0) is 84.6 Å². The number of nitrogens with zero attached hydrogens (tertiary/aromatic N) is 4. The number of alkyl carbamates (subject to hydrolysis) is 1. The first-order chi connectivity index (χ1) is 20.4. The van der Waals surface area contributed by atoms with Gasteiger partial charge in [-0.3, -0.25) is 10.00 Å². The lowest BCUT2D eigenvalue weighted by Crippen LogP contribution is -2.59. The monoisotopic (exact) mass is 664 g/mol. The van der Waals surface area contributed by atoms with Crippen LogP contribution in [-0.2, 0) is 20.5 Å². The number of aromatic nitrogens is 3.